The lowest BCUT2D eigenvalue weighted by molar-refractivity contribution is -0.137. The summed E-state index contributed by atoms with van der Waals surface area (Å²) in [5.41, 5.74) is 1.27. The summed E-state index contributed by atoms with van der Waals surface area (Å²) in [7, 11) is 0. The summed E-state index contributed by atoms with van der Waals surface area (Å²) < 4.78 is 0. The molecule has 0 bridgehead atoms. The van der Waals surface area contributed by atoms with Gasteiger partial charge in [0.1, 0.15) is 0 Å². The molecule has 4 nitrogen and oxygen atoms in total. The fraction of sp³-hybridized carbons (Fsp3) is 0.625. The van der Waals surface area contributed by atoms with Crippen molar-refractivity contribution >= 4 is 23.2 Å². The number of aryl methyl sites for hydroxylation is 2. The molecule has 0 saturated carbocycles. The second-order valence-electron chi connectivity index (χ2n) is 5.32. The molecule has 2 N–H and O–H groups in total. The van der Waals surface area contributed by atoms with Gasteiger partial charge in [-0.1, -0.05) is 20.3 Å². The molecule has 1 aromatic rings. The smallest absolute Gasteiger partial charge is 0.303 e. The third kappa shape index (κ3) is 5.87. The summed E-state index contributed by atoms with van der Waals surface area (Å²) in [5, 5.41) is 11.6. The average molecular weight is 311 g/mol. The molecule has 0 radical (unpaired) electrons. The molecule has 1 atom stereocenters. The lowest BCUT2D eigenvalue weighted by Crippen LogP contribution is -2.32. The number of carbonyl (C=O) groups is 2. The van der Waals surface area contributed by atoms with Crippen molar-refractivity contribution in [2.45, 2.75) is 65.3 Å². The minimum absolute atomic E-state index is 0.00125. The molecule has 1 rings (SSSR count). The summed E-state index contributed by atoms with van der Waals surface area (Å²) in [4.78, 5) is 24.8. The second kappa shape index (κ2) is 8.82. The standard InChI is InChI=1S/C16H25NO3S/c1-4-7-13-12(5-2)10-14(21-13)16(20)17-11(3)8-6-9-15(18)19/h10-11H,4-9H2,1-3H3,(H,17,20)(H,18,19). The van der Waals surface area contributed by atoms with Crippen LogP contribution in [-0.2, 0) is 17.6 Å². The van der Waals surface area contributed by atoms with E-state index < -0.39 is 5.97 Å². The molecule has 0 saturated heterocycles. The van der Waals surface area contributed by atoms with Crippen LogP contribution in [0.3, 0.4) is 0 Å². The van der Waals surface area contributed by atoms with Gasteiger partial charge in [-0.3, -0.25) is 9.59 Å². The third-order valence-corrected chi connectivity index (χ3v) is 4.62. The first-order valence-corrected chi connectivity index (χ1v) is 8.43. The Balaban J connectivity index is 2.56. The molecule has 0 aromatic carbocycles. The lowest BCUT2D eigenvalue weighted by atomic mass is 10.1. The van der Waals surface area contributed by atoms with Crippen LogP contribution in [0.2, 0.25) is 0 Å². The average Bonchev–Trinajstić information content (AvgIpc) is 2.82. The van der Waals surface area contributed by atoms with Gasteiger partial charge in [0.15, 0.2) is 0 Å². The van der Waals surface area contributed by atoms with Gasteiger partial charge in [0.05, 0.1) is 4.88 Å². The van der Waals surface area contributed by atoms with Gasteiger partial charge in [-0.05, 0) is 44.2 Å². The molecular weight excluding hydrogens is 286 g/mol. The largest absolute Gasteiger partial charge is 0.481 e. The van der Waals surface area contributed by atoms with E-state index in [4.69, 9.17) is 5.11 Å². The molecular formula is C16H25NO3S. The number of aliphatic carboxylic acids is 1. The molecule has 5 heteroatoms. The topological polar surface area (TPSA) is 66.4 Å². The molecule has 0 fully saturated rings. The van der Waals surface area contributed by atoms with Crippen LogP contribution in [0.5, 0.6) is 0 Å². The Morgan fingerprint density at radius 2 is 2.10 bits per heavy atom. The zero-order valence-electron chi connectivity index (χ0n) is 13.1. The van der Waals surface area contributed by atoms with Gasteiger partial charge in [-0.2, -0.15) is 0 Å². The van der Waals surface area contributed by atoms with Crippen molar-refractivity contribution in [3.63, 3.8) is 0 Å². The Hall–Kier alpha value is -1.36. The van der Waals surface area contributed by atoms with Gasteiger partial charge in [0.25, 0.3) is 5.91 Å². The van der Waals surface area contributed by atoms with Crippen molar-refractivity contribution in [1.82, 2.24) is 5.32 Å². The van der Waals surface area contributed by atoms with E-state index in [2.05, 4.69) is 19.2 Å². The van der Waals surface area contributed by atoms with Gasteiger partial charge >= 0.3 is 5.97 Å². The first kappa shape index (κ1) is 17.7. The van der Waals surface area contributed by atoms with Gasteiger partial charge in [0, 0.05) is 17.3 Å². The second-order valence-corrected chi connectivity index (χ2v) is 6.46. The van der Waals surface area contributed by atoms with Crippen molar-refractivity contribution in [3.05, 3.63) is 21.4 Å². The van der Waals surface area contributed by atoms with E-state index in [1.54, 1.807) is 11.3 Å². The maximum absolute atomic E-state index is 12.2. The van der Waals surface area contributed by atoms with Crippen molar-refractivity contribution in [3.8, 4) is 0 Å². The molecule has 1 unspecified atom stereocenters. The first-order valence-electron chi connectivity index (χ1n) is 7.62. The Labute approximate surface area is 130 Å². The first-order chi connectivity index (χ1) is 9.97. The van der Waals surface area contributed by atoms with E-state index in [0.29, 0.717) is 12.8 Å². The van der Waals surface area contributed by atoms with E-state index in [-0.39, 0.29) is 18.4 Å². The Morgan fingerprint density at radius 3 is 2.67 bits per heavy atom. The number of amides is 1. The van der Waals surface area contributed by atoms with Gasteiger partial charge in [-0.25, -0.2) is 0 Å². The predicted molar refractivity (Wildman–Crippen MR) is 86.1 cm³/mol. The summed E-state index contributed by atoms with van der Waals surface area (Å²) >= 11 is 1.58. The van der Waals surface area contributed by atoms with Gasteiger partial charge in [-0.15, -0.1) is 11.3 Å². The molecule has 0 spiro atoms. The molecule has 0 aliphatic rings. The number of hydrogen-bond acceptors (Lipinski definition) is 3. The van der Waals surface area contributed by atoms with E-state index >= 15 is 0 Å². The SMILES string of the molecule is CCCc1sc(C(=O)NC(C)CCCC(=O)O)cc1CC. The van der Waals surface area contributed by atoms with Crippen LogP contribution >= 0.6 is 11.3 Å². The highest BCUT2D eigenvalue weighted by Gasteiger charge is 2.15. The third-order valence-electron chi connectivity index (χ3n) is 3.38. The molecule has 1 amide bonds. The minimum Gasteiger partial charge on any atom is -0.481 e. The molecule has 1 aromatic heterocycles. The number of rotatable bonds is 9. The molecule has 0 aliphatic carbocycles. The highest BCUT2D eigenvalue weighted by atomic mass is 32.1. The zero-order chi connectivity index (χ0) is 15.8. The normalized spacial score (nSPS) is 12.1. The van der Waals surface area contributed by atoms with Crippen LogP contribution in [0.1, 0.15) is 66.6 Å². The maximum atomic E-state index is 12.2. The van der Waals surface area contributed by atoms with Crippen molar-refractivity contribution in [1.29, 1.82) is 0 Å². The Morgan fingerprint density at radius 1 is 1.38 bits per heavy atom. The molecule has 118 valence electrons. The molecule has 0 aliphatic heterocycles. The van der Waals surface area contributed by atoms with Crippen LogP contribution in [-0.4, -0.2) is 23.0 Å². The highest BCUT2D eigenvalue weighted by Crippen LogP contribution is 2.24. The highest BCUT2D eigenvalue weighted by molar-refractivity contribution is 7.14. The van der Waals surface area contributed by atoms with Gasteiger partial charge < -0.3 is 10.4 Å². The van der Waals surface area contributed by atoms with Gasteiger partial charge in [0.2, 0.25) is 0 Å². The van der Waals surface area contributed by atoms with E-state index in [1.165, 1.54) is 10.4 Å². The minimum atomic E-state index is -0.788. The zero-order valence-corrected chi connectivity index (χ0v) is 13.9. The summed E-state index contributed by atoms with van der Waals surface area (Å²) in [6.45, 7) is 6.17. The molecule has 21 heavy (non-hydrogen) atoms. The van der Waals surface area contributed by atoms with Crippen LogP contribution in [0, 0.1) is 0 Å². The van der Waals surface area contributed by atoms with E-state index in [0.717, 1.165) is 24.1 Å². The number of thiophene rings is 1. The Bertz CT molecular complexity index is 482. The number of nitrogens with one attached hydrogen (secondary N) is 1. The van der Waals surface area contributed by atoms with Crippen molar-refractivity contribution in [2.24, 2.45) is 0 Å². The fourth-order valence-electron chi connectivity index (χ4n) is 2.24. The maximum Gasteiger partial charge on any atom is 0.303 e. The summed E-state index contributed by atoms with van der Waals surface area (Å²) in [5.74, 6) is -0.830. The predicted octanol–water partition coefficient (Wildman–Crippen LogP) is 3.64. The molecule has 1 heterocycles. The number of carboxylic acid groups (broad SMARTS) is 1. The monoisotopic (exact) mass is 311 g/mol. The fourth-order valence-corrected chi connectivity index (χ4v) is 3.50. The van der Waals surface area contributed by atoms with E-state index in [9.17, 15) is 9.59 Å². The van der Waals surface area contributed by atoms with E-state index in [1.807, 2.05) is 13.0 Å². The lowest BCUT2D eigenvalue weighted by Gasteiger charge is -2.12. The van der Waals surface area contributed by atoms with Crippen LogP contribution in [0.25, 0.3) is 0 Å². The van der Waals surface area contributed by atoms with Crippen molar-refractivity contribution in [2.75, 3.05) is 0 Å². The number of hydrogen-bond donors (Lipinski definition) is 2. The van der Waals surface area contributed by atoms with Crippen LogP contribution < -0.4 is 5.32 Å². The summed E-state index contributed by atoms with van der Waals surface area (Å²) in [6, 6.07) is 1.99. The quantitative estimate of drug-likeness (QED) is 0.731. The van der Waals surface area contributed by atoms with Crippen LogP contribution in [0.15, 0.2) is 6.07 Å². The number of carboxylic acids is 1. The summed E-state index contributed by atoms with van der Waals surface area (Å²) in [6.07, 6.45) is 4.48. The van der Waals surface area contributed by atoms with Crippen LogP contribution in [0.4, 0.5) is 0 Å². The Kier molecular flexibility index (Phi) is 7.43. The number of carbonyl (C=O) groups excluding carboxylic acids is 1. The van der Waals surface area contributed by atoms with Crippen molar-refractivity contribution < 1.29 is 14.7 Å².